The minimum Gasteiger partial charge on any atom is -0.358 e. The number of fused-ring (bicyclic) bond motifs is 1. The summed E-state index contributed by atoms with van der Waals surface area (Å²) in [5.74, 6) is 0. The molecule has 0 amide bonds. The van der Waals surface area contributed by atoms with Crippen molar-refractivity contribution in [3.63, 3.8) is 0 Å². The van der Waals surface area contributed by atoms with E-state index in [1.165, 1.54) is 16.3 Å². The molecule has 0 saturated carbocycles. The van der Waals surface area contributed by atoms with Gasteiger partial charge in [-0.1, -0.05) is 19.1 Å². The molecule has 0 aromatic heterocycles. The Kier molecular flexibility index (Phi) is 4.83. The Morgan fingerprint density at radius 2 is 1.77 bits per heavy atom. The van der Waals surface area contributed by atoms with E-state index in [1.807, 2.05) is 12.1 Å². The van der Waals surface area contributed by atoms with Crippen LogP contribution in [0.5, 0.6) is 0 Å². The van der Waals surface area contributed by atoms with E-state index < -0.39 is 0 Å². The van der Waals surface area contributed by atoms with E-state index in [0.717, 1.165) is 0 Å². The quantitative estimate of drug-likeness (QED) is 0.581. The van der Waals surface area contributed by atoms with E-state index in [9.17, 15) is 0 Å². The molecule has 0 fully saturated rings. The maximum Gasteiger partial charge on any atom is 2.00 e. The Labute approximate surface area is 91.9 Å². The van der Waals surface area contributed by atoms with Gasteiger partial charge in [0.2, 0.25) is 0 Å². The first-order valence-electron chi connectivity index (χ1n) is 3.74. The molecule has 0 saturated heterocycles. The van der Waals surface area contributed by atoms with Gasteiger partial charge in [-0.3, -0.25) is 0 Å². The number of aryl methyl sites for hydroxylation is 1. The smallest absolute Gasteiger partial charge is 0.358 e. The largest absolute Gasteiger partial charge is 2.00 e. The SMILES string of the molecule is Cc1cccc2ccc[c-]c12.[CH3-].[V+2]. The first kappa shape index (κ1) is 12.3. The Hall–Kier alpha value is -0.716. The summed E-state index contributed by atoms with van der Waals surface area (Å²) < 4.78 is 0. The van der Waals surface area contributed by atoms with Crippen molar-refractivity contribution < 1.29 is 18.6 Å². The molecule has 0 unspecified atom stereocenters. The van der Waals surface area contributed by atoms with E-state index in [-0.39, 0.29) is 26.0 Å². The predicted octanol–water partition coefficient (Wildman–Crippen LogP) is 3.40. The van der Waals surface area contributed by atoms with Gasteiger partial charge in [-0.05, 0) is 0 Å². The topological polar surface area (TPSA) is 0 Å². The third-order valence-electron chi connectivity index (χ3n) is 1.90. The molecule has 0 spiro atoms. The Bertz CT molecular complexity index is 374. The van der Waals surface area contributed by atoms with Crippen LogP contribution in [0.3, 0.4) is 0 Å². The Morgan fingerprint density at radius 1 is 1.08 bits per heavy atom. The molecule has 13 heavy (non-hydrogen) atoms. The summed E-state index contributed by atoms with van der Waals surface area (Å²) >= 11 is 0. The van der Waals surface area contributed by atoms with Crippen LogP contribution in [0.15, 0.2) is 36.4 Å². The van der Waals surface area contributed by atoms with Crippen LogP contribution in [0, 0.1) is 20.4 Å². The summed E-state index contributed by atoms with van der Waals surface area (Å²) in [4.78, 5) is 0. The van der Waals surface area contributed by atoms with Gasteiger partial charge in [0.1, 0.15) is 0 Å². The monoisotopic (exact) mass is 207 g/mol. The van der Waals surface area contributed by atoms with Gasteiger partial charge in [-0.2, -0.15) is 0 Å². The second kappa shape index (κ2) is 5.11. The molecule has 0 heterocycles. The van der Waals surface area contributed by atoms with Gasteiger partial charge < -0.3 is 7.43 Å². The summed E-state index contributed by atoms with van der Waals surface area (Å²) in [6, 6.07) is 15.6. The van der Waals surface area contributed by atoms with Gasteiger partial charge in [-0.15, -0.1) is 46.7 Å². The number of benzene rings is 2. The van der Waals surface area contributed by atoms with E-state index >= 15 is 0 Å². The fraction of sp³-hybridized carbons (Fsp3) is 0.0833. The summed E-state index contributed by atoms with van der Waals surface area (Å²) in [7, 11) is 0. The molecule has 0 nitrogen and oxygen atoms in total. The van der Waals surface area contributed by atoms with E-state index in [2.05, 4.69) is 37.3 Å². The molecule has 0 aliphatic carbocycles. The predicted molar refractivity (Wildman–Crippen MR) is 53.9 cm³/mol. The molecule has 1 radical (unpaired) electrons. The minimum absolute atomic E-state index is 0. The molecule has 2 aromatic carbocycles. The van der Waals surface area contributed by atoms with Crippen molar-refractivity contribution in [2.75, 3.05) is 0 Å². The molecule has 0 bridgehead atoms. The Balaban J connectivity index is 0.000000720. The normalized spacial score (nSPS) is 8.69. The van der Waals surface area contributed by atoms with Crippen LogP contribution in [-0.2, 0) is 18.6 Å². The number of rotatable bonds is 0. The molecule has 0 atom stereocenters. The summed E-state index contributed by atoms with van der Waals surface area (Å²) in [6.07, 6.45) is 0. The van der Waals surface area contributed by atoms with Gasteiger partial charge >= 0.3 is 18.6 Å². The van der Waals surface area contributed by atoms with E-state index in [4.69, 9.17) is 0 Å². The zero-order chi connectivity index (χ0) is 7.68. The van der Waals surface area contributed by atoms with Gasteiger partial charge in [0.15, 0.2) is 0 Å². The molecular formula is C12H12V. The van der Waals surface area contributed by atoms with Gasteiger partial charge in [-0.25, -0.2) is 0 Å². The average molecular weight is 207 g/mol. The number of hydrogen-bond donors (Lipinski definition) is 0. The van der Waals surface area contributed by atoms with Gasteiger partial charge in [0.25, 0.3) is 0 Å². The van der Waals surface area contributed by atoms with Crippen molar-refractivity contribution in [1.82, 2.24) is 0 Å². The summed E-state index contributed by atoms with van der Waals surface area (Å²) in [5, 5.41) is 2.50. The average Bonchev–Trinajstić information content (AvgIpc) is 2.06. The van der Waals surface area contributed by atoms with Crippen molar-refractivity contribution in [3.05, 3.63) is 55.5 Å². The van der Waals surface area contributed by atoms with Gasteiger partial charge in [0, 0.05) is 0 Å². The number of hydrogen-bond acceptors (Lipinski definition) is 0. The van der Waals surface area contributed by atoms with E-state index in [1.54, 1.807) is 0 Å². The maximum absolute atomic E-state index is 3.22. The molecule has 2 rings (SSSR count). The molecule has 1 heteroatoms. The second-order valence-corrected chi connectivity index (χ2v) is 2.71. The van der Waals surface area contributed by atoms with Crippen LogP contribution >= 0.6 is 0 Å². The third kappa shape index (κ3) is 2.36. The van der Waals surface area contributed by atoms with Crippen molar-refractivity contribution >= 4 is 10.8 Å². The van der Waals surface area contributed by atoms with Crippen LogP contribution in [0.2, 0.25) is 0 Å². The van der Waals surface area contributed by atoms with E-state index in [0.29, 0.717) is 0 Å². The summed E-state index contributed by atoms with van der Waals surface area (Å²) in [5.41, 5.74) is 1.29. The summed E-state index contributed by atoms with van der Waals surface area (Å²) in [6.45, 7) is 2.11. The zero-order valence-electron chi connectivity index (χ0n) is 7.91. The first-order chi connectivity index (χ1) is 5.38. The van der Waals surface area contributed by atoms with Crippen molar-refractivity contribution in [2.24, 2.45) is 0 Å². The van der Waals surface area contributed by atoms with Crippen LogP contribution in [-0.4, -0.2) is 0 Å². The maximum atomic E-state index is 3.22. The minimum atomic E-state index is 0. The van der Waals surface area contributed by atoms with Crippen molar-refractivity contribution in [1.29, 1.82) is 0 Å². The zero-order valence-corrected chi connectivity index (χ0v) is 9.31. The molecule has 65 valence electrons. The second-order valence-electron chi connectivity index (χ2n) is 2.71. The first-order valence-corrected chi connectivity index (χ1v) is 3.74. The molecular weight excluding hydrogens is 195 g/mol. The molecule has 2 aromatic rings. The van der Waals surface area contributed by atoms with Crippen LogP contribution in [0.1, 0.15) is 5.56 Å². The van der Waals surface area contributed by atoms with Gasteiger partial charge in [0.05, 0.1) is 0 Å². The molecule has 0 N–H and O–H groups in total. The standard InChI is InChI=1S/C11H9.CH3.V/c1-9-5-4-7-10-6-2-3-8-11(9)10;;/h2-7H,1H3;1H3;/q2*-1;+2. The van der Waals surface area contributed by atoms with Crippen LogP contribution < -0.4 is 0 Å². The fourth-order valence-corrected chi connectivity index (χ4v) is 1.31. The van der Waals surface area contributed by atoms with Crippen molar-refractivity contribution in [2.45, 2.75) is 6.92 Å². The van der Waals surface area contributed by atoms with Crippen LogP contribution in [0.4, 0.5) is 0 Å². The molecule has 0 aliphatic rings. The Morgan fingerprint density at radius 3 is 2.46 bits per heavy atom. The van der Waals surface area contributed by atoms with Crippen molar-refractivity contribution in [3.8, 4) is 0 Å². The molecule has 0 aliphatic heterocycles. The third-order valence-corrected chi connectivity index (χ3v) is 1.90. The fourth-order valence-electron chi connectivity index (χ4n) is 1.31. The van der Waals surface area contributed by atoms with Crippen LogP contribution in [0.25, 0.3) is 10.8 Å².